The van der Waals surface area contributed by atoms with Crippen LogP contribution in [0.5, 0.6) is 0 Å². The van der Waals surface area contributed by atoms with Crippen LogP contribution in [0.25, 0.3) is 0 Å². The molecule has 1 fully saturated rings. The number of hydrogen-bond acceptors (Lipinski definition) is 4. The fourth-order valence-corrected chi connectivity index (χ4v) is 3.67. The fourth-order valence-electron chi connectivity index (χ4n) is 2.61. The summed E-state index contributed by atoms with van der Waals surface area (Å²) in [6.07, 6.45) is 1.67. The maximum atomic E-state index is 12.3. The minimum Gasteiger partial charge on any atom is -0.393 e. The van der Waals surface area contributed by atoms with E-state index in [1.807, 2.05) is 13.8 Å². The summed E-state index contributed by atoms with van der Waals surface area (Å²) in [6.45, 7) is 5.56. The molecule has 2 rings (SSSR count). The Kier molecular flexibility index (Phi) is 5.01. The molecule has 0 aliphatic carbocycles. The summed E-state index contributed by atoms with van der Waals surface area (Å²) in [5.41, 5.74) is 0. The van der Waals surface area contributed by atoms with Gasteiger partial charge in [-0.3, -0.25) is 9.69 Å². The van der Waals surface area contributed by atoms with Gasteiger partial charge in [-0.15, -0.1) is 11.3 Å². The summed E-state index contributed by atoms with van der Waals surface area (Å²) in [5.74, 6) is 0.516. The van der Waals surface area contributed by atoms with Crippen molar-refractivity contribution < 1.29 is 9.90 Å². The van der Waals surface area contributed by atoms with E-state index < -0.39 is 0 Å². The van der Waals surface area contributed by atoms with Gasteiger partial charge in [-0.05, 0) is 57.8 Å². The molecule has 3 nitrogen and oxygen atoms in total. The standard InChI is InChI=1S/C14H20ClNO2S/c1-9(14(18)12-3-4-13(15)19-12)16-7-5-11(6-8-16)10(2)17/h3-4,9-11,17H,5-8H2,1-2H3. The van der Waals surface area contributed by atoms with Gasteiger partial charge in [-0.1, -0.05) is 11.6 Å². The van der Waals surface area contributed by atoms with E-state index in [4.69, 9.17) is 11.6 Å². The maximum absolute atomic E-state index is 12.3. The van der Waals surface area contributed by atoms with Gasteiger partial charge in [0.2, 0.25) is 0 Å². The summed E-state index contributed by atoms with van der Waals surface area (Å²) in [5, 5.41) is 9.59. The van der Waals surface area contributed by atoms with E-state index in [1.165, 1.54) is 11.3 Å². The third-order valence-electron chi connectivity index (χ3n) is 4.00. The number of likely N-dealkylation sites (tertiary alicyclic amines) is 1. The molecule has 1 saturated heterocycles. The summed E-state index contributed by atoms with van der Waals surface area (Å²) >= 11 is 7.22. The molecular formula is C14H20ClNO2S. The second-order valence-corrected chi connectivity index (χ2v) is 6.97. The number of Topliss-reactive ketones (excluding diaryl/α,β-unsaturated/α-hetero) is 1. The zero-order chi connectivity index (χ0) is 14.0. The monoisotopic (exact) mass is 301 g/mol. The SMILES string of the molecule is CC(O)C1CCN(C(C)C(=O)c2ccc(Cl)s2)CC1. The smallest absolute Gasteiger partial charge is 0.189 e. The molecule has 5 heteroatoms. The van der Waals surface area contributed by atoms with Gasteiger partial charge in [0.15, 0.2) is 5.78 Å². The highest BCUT2D eigenvalue weighted by atomic mass is 35.5. The molecule has 106 valence electrons. The van der Waals surface area contributed by atoms with Gasteiger partial charge in [0, 0.05) is 0 Å². The van der Waals surface area contributed by atoms with Crippen molar-refractivity contribution in [3.8, 4) is 0 Å². The Balaban J connectivity index is 1.94. The van der Waals surface area contributed by atoms with Crippen LogP contribution in [0.3, 0.4) is 0 Å². The van der Waals surface area contributed by atoms with Crippen molar-refractivity contribution in [3.05, 3.63) is 21.3 Å². The predicted octanol–water partition coefficient (Wildman–Crippen LogP) is 3.07. The van der Waals surface area contributed by atoms with E-state index in [-0.39, 0.29) is 17.9 Å². The van der Waals surface area contributed by atoms with Crippen molar-refractivity contribution >= 4 is 28.7 Å². The van der Waals surface area contributed by atoms with Crippen LogP contribution in [-0.4, -0.2) is 41.0 Å². The third-order valence-corrected chi connectivity index (χ3v) is 5.25. The molecule has 0 spiro atoms. The lowest BCUT2D eigenvalue weighted by atomic mass is 9.91. The minimum absolute atomic E-state index is 0.107. The average molecular weight is 302 g/mol. The molecule has 1 N–H and O–H groups in total. The zero-order valence-electron chi connectivity index (χ0n) is 11.3. The van der Waals surface area contributed by atoms with E-state index in [0.29, 0.717) is 10.3 Å². The average Bonchev–Trinajstić information content (AvgIpc) is 2.84. The first-order valence-electron chi connectivity index (χ1n) is 6.70. The molecule has 1 aromatic rings. The number of ketones is 1. The number of piperidine rings is 1. The number of carbonyl (C=O) groups excluding carboxylic acids is 1. The van der Waals surface area contributed by atoms with Crippen molar-refractivity contribution in [2.24, 2.45) is 5.92 Å². The van der Waals surface area contributed by atoms with Crippen molar-refractivity contribution in [1.29, 1.82) is 0 Å². The van der Waals surface area contributed by atoms with Crippen LogP contribution in [-0.2, 0) is 0 Å². The molecule has 0 bridgehead atoms. The first kappa shape index (κ1) is 15.0. The van der Waals surface area contributed by atoms with Crippen LogP contribution < -0.4 is 0 Å². The molecule has 19 heavy (non-hydrogen) atoms. The highest BCUT2D eigenvalue weighted by molar-refractivity contribution is 7.18. The molecule has 2 heterocycles. The van der Waals surface area contributed by atoms with Crippen LogP contribution >= 0.6 is 22.9 Å². The number of aliphatic hydroxyl groups is 1. The normalized spacial score (nSPS) is 21.3. The van der Waals surface area contributed by atoms with E-state index in [1.54, 1.807) is 12.1 Å². The van der Waals surface area contributed by atoms with Crippen LogP contribution in [0.15, 0.2) is 12.1 Å². The Hall–Kier alpha value is -0.420. The first-order valence-corrected chi connectivity index (χ1v) is 7.90. The Morgan fingerprint density at radius 3 is 2.53 bits per heavy atom. The number of carbonyl (C=O) groups is 1. The fraction of sp³-hybridized carbons (Fsp3) is 0.643. The predicted molar refractivity (Wildman–Crippen MR) is 79.1 cm³/mol. The second-order valence-electron chi connectivity index (χ2n) is 5.26. The van der Waals surface area contributed by atoms with Gasteiger partial charge < -0.3 is 5.11 Å². The third kappa shape index (κ3) is 3.57. The van der Waals surface area contributed by atoms with Crippen LogP contribution in [0, 0.1) is 5.92 Å². The maximum Gasteiger partial charge on any atom is 0.189 e. The molecule has 0 amide bonds. The number of rotatable bonds is 4. The number of nitrogens with zero attached hydrogens (tertiary/aromatic N) is 1. The highest BCUT2D eigenvalue weighted by Gasteiger charge is 2.29. The number of thiophene rings is 1. The molecule has 1 aromatic heterocycles. The Bertz CT molecular complexity index is 438. The minimum atomic E-state index is -0.246. The topological polar surface area (TPSA) is 40.5 Å². The largest absolute Gasteiger partial charge is 0.393 e. The quantitative estimate of drug-likeness (QED) is 0.869. The molecule has 1 aliphatic rings. The van der Waals surface area contributed by atoms with E-state index in [0.717, 1.165) is 30.8 Å². The number of hydrogen-bond donors (Lipinski definition) is 1. The summed E-state index contributed by atoms with van der Waals surface area (Å²) in [7, 11) is 0. The number of halogens is 1. The lowest BCUT2D eigenvalue weighted by Gasteiger charge is -2.36. The van der Waals surface area contributed by atoms with Crippen molar-refractivity contribution in [2.45, 2.75) is 38.8 Å². The first-order chi connectivity index (χ1) is 8.99. The van der Waals surface area contributed by atoms with Crippen LogP contribution in [0.4, 0.5) is 0 Å². The Morgan fingerprint density at radius 1 is 1.42 bits per heavy atom. The summed E-state index contributed by atoms with van der Waals surface area (Å²) in [4.78, 5) is 15.3. The van der Waals surface area contributed by atoms with Gasteiger partial charge in [0.1, 0.15) is 0 Å². The molecule has 0 radical (unpaired) electrons. The van der Waals surface area contributed by atoms with Crippen molar-refractivity contribution in [1.82, 2.24) is 4.90 Å². The van der Waals surface area contributed by atoms with E-state index >= 15 is 0 Å². The molecule has 2 unspecified atom stereocenters. The Labute approximate surface area is 123 Å². The van der Waals surface area contributed by atoms with E-state index in [2.05, 4.69) is 4.90 Å². The molecular weight excluding hydrogens is 282 g/mol. The van der Waals surface area contributed by atoms with Gasteiger partial charge in [-0.25, -0.2) is 0 Å². The lowest BCUT2D eigenvalue weighted by Crippen LogP contribution is -2.45. The lowest BCUT2D eigenvalue weighted by molar-refractivity contribution is 0.0529. The second kappa shape index (κ2) is 6.35. The molecule has 1 aliphatic heterocycles. The zero-order valence-corrected chi connectivity index (χ0v) is 12.9. The van der Waals surface area contributed by atoms with Crippen molar-refractivity contribution in [3.63, 3.8) is 0 Å². The van der Waals surface area contributed by atoms with Gasteiger partial charge in [0.25, 0.3) is 0 Å². The van der Waals surface area contributed by atoms with Crippen LogP contribution in [0.1, 0.15) is 36.4 Å². The molecule has 2 atom stereocenters. The van der Waals surface area contributed by atoms with Gasteiger partial charge >= 0.3 is 0 Å². The van der Waals surface area contributed by atoms with Gasteiger partial charge in [-0.2, -0.15) is 0 Å². The van der Waals surface area contributed by atoms with E-state index in [9.17, 15) is 9.90 Å². The van der Waals surface area contributed by atoms with Crippen LogP contribution in [0.2, 0.25) is 4.34 Å². The van der Waals surface area contributed by atoms with Crippen molar-refractivity contribution in [2.75, 3.05) is 13.1 Å². The summed E-state index contributed by atoms with van der Waals surface area (Å²) < 4.78 is 0.656. The molecule has 0 aromatic carbocycles. The molecule has 0 saturated carbocycles. The van der Waals surface area contributed by atoms with Gasteiger partial charge in [0.05, 0.1) is 21.4 Å². The highest BCUT2D eigenvalue weighted by Crippen LogP contribution is 2.26. The summed E-state index contributed by atoms with van der Waals surface area (Å²) in [6, 6.07) is 3.46. The Morgan fingerprint density at radius 2 is 2.05 bits per heavy atom. The number of aliphatic hydroxyl groups excluding tert-OH is 1.